The first-order valence-corrected chi connectivity index (χ1v) is 4.39. The van der Waals surface area contributed by atoms with Crippen molar-refractivity contribution in [3.8, 4) is 0 Å². The number of piperidine rings is 1. The lowest BCUT2D eigenvalue weighted by Gasteiger charge is -2.21. The smallest absolute Gasteiger partial charge is 0.224 e. The molecule has 0 aliphatic carbocycles. The molecule has 1 rings (SSSR count). The lowest BCUT2D eigenvalue weighted by atomic mass is 9.99. The molecule has 0 radical (unpaired) electrons. The normalized spacial score (nSPS) is 23.6. The zero-order chi connectivity index (χ0) is 8.81. The maximum atomic E-state index is 11.7. The van der Waals surface area contributed by atoms with Gasteiger partial charge in [0.2, 0.25) is 5.91 Å². The van der Waals surface area contributed by atoms with Crippen molar-refractivity contribution in [2.45, 2.75) is 12.8 Å². The summed E-state index contributed by atoms with van der Waals surface area (Å²) in [6.07, 6.45) is 1.96. The topological polar surface area (TPSA) is 41.1 Å². The zero-order valence-electron chi connectivity index (χ0n) is 7.11. The summed E-state index contributed by atoms with van der Waals surface area (Å²) in [6.45, 7) is 1.40. The van der Waals surface area contributed by atoms with Gasteiger partial charge in [-0.2, -0.15) is 0 Å². The van der Waals surface area contributed by atoms with Crippen molar-refractivity contribution in [2.75, 3.05) is 26.3 Å². The number of hydrogen-bond acceptors (Lipinski definition) is 2. The van der Waals surface area contributed by atoms with Gasteiger partial charge in [-0.15, -0.1) is 0 Å². The third kappa shape index (κ3) is 2.77. The Bertz CT molecular complexity index is 146. The molecule has 12 heavy (non-hydrogen) atoms. The van der Waals surface area contributed by atoms with Crippen LogP contribution in [0.15, 0.2) is 0 Å². The summed E-state index contributed by atoms with van der Waals surface area (Å²) in [6, 6.07) is 0. The third-order valence-electron chi connectivity index (χ3n) is 2.06. The average Bonchev–Trinajstić information content (AvgIpc) is 2.15. The summed E-state index contributed by atoms with van der Waals surface area (Å²) in [5, 5.41) is 5.69. The zero-order valence-corrected chi connectivity index (χ0v) is 7.11. The third-order valence-corrected chi connectivity index (χ3v) is 2.06. The first-order valence-electron chi connectivity index (χ1n) is 4.39. The summed E-state index contributed by atoms with van der Waals surface area (Å²) in [5.41, 5.74) is 0. The number of amides is 1. The predicted molar refractivity (Wildman–Crippen MR) is 44.6 cm³/mol. The molecule has 1 amide bonds. The van der Waals surface area contributed by atoms with E-state index < -0.39 is 6.67 Å². The fourth-order valence-electron chi connectivity index (χ4n) is 1.39. The number of carbonyl (C=O) groups is 1. The second-order valence-corrected chi connectivity index (χ2v) is 3.02. The van der Waals surface area contributed by atoms with Crippen LogP contribution >= 0.6 is 0 Å². The highest BCUT2D eigenvalue weighted by Gasteiger charge is 2.19. The minimum absolute atomic E-state index is 0.0140. The number of nitrogens with one attached hydrogen (secondary N) is 2. The van der Waals surface area contributed by atoms with Gasteiger partial charge in [0.25, 0.3) is 0 Å². The van der Waals surface area contributed by atoms with Gasteiger partial charge < -0.3 is 10.6 Å². The molecule has 1 aliphatic heterocycles. The highest BCUT2D eigenvalue weighted by Crippen LogP contribution is 2.09. The first-order chi connectivity index (χ1) is 5.84. The molecule has 0 spiro atoms. The first kappa shape index (κ1) is 9.45. The summed E-state index contributed by atoms with van der Waals surface area (Å²) in [4.78, 5) is 11.2. The quantitative estimate of drug-likeness (QED) is 0.636. The van der Waals surface area contributed by atoms with Crippen molar-refractivity contribution in [1.82, 2.24) is 10.6 Å². The number of hydrogen-bond donors (Lipinski definition) is 2. The van der Waals surface area contributed by atoms with E-state index in [1.54, 1.807) is 0 Å². The molecular weight excluding hydrogens is 159 g/mol. The Morgan fingerprint density at radius 1 is 1.67 bits per heavy atom. The van der Waals surface area contributed by atoms with Crippen molar-refractivity contribution < 1.29 is 9.18 Å². The summed E-state index contributed by atoms with van der Waals surface area (Å²) >= 11 is 0. The van der Waals surface area contributed by atoms with Crippen LogP contribution in [0.5, 0.6) is 0 Å². The van der Waals surface area contributed by atoms with Crippen LogP contribution in [-0.4, -0.2) is 32.2 Å². The molecule has 2 N–H and O–H groups in total. The van der Waals surface area contributed by atoms with Crippen LogP contribution in [0.1, 0.15) is 12.8 Å². The second kappa shape index (κ2) is 5.09. The Morgan fingerprint density at radius 2 is 2.50 bits per heavy atom. The molecular formula is C8H15FN2O. The standard InChI is InChI=1S/C8H15FN2O/c9-3-5-11-8(12)7-2-1-4-10-6-7/h7,10H,1-6H2,(H,11,12)/t7-/m1/s1. The van der Waals surface area contributed by atoms with Crippen molar-refractivity contribution in [1.29, 1.82) is 0 Å². The van der Waals surface area contributed by atoms with Crippen LogP contribution < -0.4 is 10.6 Å². The number of rotatable bonds is 3. The molecule has 0 saturated carbocycles. The molecule has 70 valence electrons. The van der Waals surface area contributed by atoms with Gasteiger partial charge in [-0.25, -0.2) is 4.39 Å². The lowest BCUT2D eigenvalue weighted by molar-refractivity contribution is -0.125. The highest BCUT2D eigenvalue weighted by molar-refractivity contribution is 5.78. The van der Waals surface area contributed by atoms with E-state index in [-0.39, 0.29) is 18.4 Å². The molecule has 1 aliphatic rings. The van der Waals surface area contributed by atoms with Crippen molar-refractivity contribution in [3.63, 3.8) is 0 Å². The largest absolute Gasteiger partial charge is 0.353 e. The molecule has 0 aromatic carbocycles. The average molecular weight is 174 g/mol. The summed E-state index contributed by atoms with van der Waals surface area (Å²) in [7, 11) is 0. The fraction of sp³-hybridized carbons (Fsp3) is 0.875. The summed E-state index contributed by atoms with van der Waals surface area (Å²) < 4.78 is 11.7. The Morgan fingerprint density at radius 3 is 3.08 bits per heavy atom. The van der Waals surface area contributed by atoms with E-state index in [2.05, 4.69) is 10.6 Å². The maximum absolute atomic E-state index is 11.7. The Hall–Kier alpha value is -0.640. The molecule has 1 fully saturated rings. The Balaban J connectivity index is 2.20. The monoisotopic (exact) mass is 174 g/mol. The van der Waals surface area contributed by atoms with Crippen LogP contribution in [0.3, 0.4) is 0 Å². The van der Waals surface area contributed by atoms with Gasteiger partial charge in [-0.05, 0) is 19.4 Å². The van der Waals surface area contributed by atoms with Crippen molar-refractivity contribution >= 4 is 5.91 Å². The van der Waals surface area contributed by atoms with E-state index in [1.165, 1.54) is 0 Å². The van der Waals surface area contributed by atoms with Gasteiger partial charge >= 0.3 is 0 Å². The van der Waals surface area contributed by atoms with Gasteiger partial charge in [0.15, 0.2) is 0 Å². The molecule has 3 nitrogen and oxygen atoms in total. The Labute approximate surface area is 71.7 Å². The fourth-order valence-corrected chi connectivity index (χ4v) is 1.39. The van der Waals surface area contributed by atoms with Crippen LogP contribution in [-0.2, 0) is 4.79 Å². The molecule has 0 aromatic heterocycles. The van der Waals surface area contributed by atoms with E-state index in [0.29, 0.717) is 0 Å². The van der Waals surface area contributed by atoms with E-state index in [4.69, 9.17) is 0 Å². The molecule has 0 bridgehead atoms. The molecule has 1 saturated heterocycles. The lowest BCUT2D eigenvalue weighted by Crippen LogP contribution is -2.41. The van der Waals surface area contributed by atoms with E-state index in [9.17, 15) is 9.18 Å². The van der Waals surface area contributed by atoms with Crippen molar-refractivity contribution in [2.24, 2.45) is 5.92 Å². The molecule has 0 aromatic rings. The van der Waals surface area contributed by atoms with Crippen molar-refractivity contribution in [3.05, 3.63) is 0 Å². The molecule has 1 atom stereocenters. The van der Waals surface area contributed by atoms with E-state index in [0.717, 1.165) is 25.9 Å². The molecule has 0 unspecified atom stereocenters. The summed E-state index contributed by atoms with van der Waals surface area (Å²) in [5.74, 6) is 0.0325. The van der Waals surface area contributed by atoms with Gasteiger partial charge in [-0.1, -0.05) is 0 Å². The van der Waals surface area contributed by atoms with Crippen LogP contribution in [0.4, 0.5) is 4.39 Å². The van der Waals surface area contributed by atoms with Gasteiger partial charge in [0.05, 0.1) is 5.92 Å². The molecule has 4 heteroatoms. The minimum Gasteiger partial charge on any atom is -0.353 e. The number of halogens is 1. The SMILES string of the molecule is O=C(NCCF)[C@@H]1CCCNC1. The van der Waals surface area contributed by atoms with Gasteiger partial charge in [-0.3, -0.25) is 4.79 Å². The van der Waals surface area contributed by atoms with Crippen LogP contribution in [0.2, 0.25) is 0 Å². The van der Waals surface area contributed by atoms with E-state index in [1.807, 2.05) is 0 Å². The predicted octanol–water partition coefficient (Wildman–Crippen LogP) is 0.0717. The van der Waals surface area contributed by atoms with Crippen LogP contribution in [0.25, 0.3) is 0 Å². The van der Waals surface area contributed by atoms with Gasteiger partial charge in [0.1, 0.15) is 6.67 Å². The van der Waals surface area contributed by atoms with Gasteiger partial charge in [0, 0.05) is 13.1 Å². The maximum Gasteiger partial charge on any atom is 0.224 e. The number of alkyl halides is 1. The molecule has 1 heterocycles. The minimum atomic E-state index is -0.480. The van der Waals surface area contributed by atoms with E-state index >= 15 is 0 Å². The Kier molecular flexibility index (Phi) is 4.00. The second-order valence-electron chi connectivity index (χ2n) is 3.02. The number of carbonyl (C=O) groups excluding carboxylic acids is 1. The highest BCUT2D eigenvalue weighted by atomic mass is 19.1. The van der Waals surface area contributed by atoms with Crippen LogP contribution in [0, 0.1) is 5.92 Å².